The van der Waals surface area contributed by atoms with E-state index < -0.39 is 105 Å². The van der Waals surface area contributed by atoms with Gasteiger partial charge in [0.15, 0.2) is 40.1 Å². The normalized spacial score (nSPS) is 62.6. The molecule has 6 heterocycles. The lowest BCUT2D eigenvalue weighted by Gasteiger charge is -2.64. The molecule has 12 nitrogen and oxygen atoms in total. The van der Waals surface area contributed by atoms with Crippen molar-refractivity contribution in [2.75, 3.05) is 0 Å². The van der Waals surface area contributed by atoms with Crippen LogP contribution in [0.15, 0.2) is 12.2 Å². The summed E-state index contributed by atoms with van der Waals surface area (Å²) in [6.45, 7) is 6.42. The molecule has 5 unspecified atom stereocenters. The zero-order chi connectivity index (χ0) is 28.6. The molecule has 0 radical (unpaired) electrons. The van der Waals surface area contributed by atoms with Crippen molar-refractivity contribution in [2.45, 2.75) is 99.9 Å². The first-order chi connectivity index (χ1) is 18.6. The smallest absolute Gasteiger partial charge is 0.342 e. The van der Waals surface area contributed by atoms with Gasteiger partial charge in [0.1, 0.15) is 6.10 Å². The maximum Gasteiger partial charge on any atom is 0.342 e. The third-order valence-corrected chi connectivity index (χ3v) is 12.7. The Morgan fingerprint density at radius 1 is 1.02 bits per heavy atom. The van der Waals surface area contributed by atoms with E-state index in [0.29, 0.717) is 0 Å². The summed E-state index contributed by atoms with van der Waals surface area (Å²) in [5.41, 5.74) is -10.6. The Bertz CT molecular complexity index is 1360. The standard InChI is InChI=1S/C28H32O12/c1-11-20(32)36-16-10-22(11,2)17-19(31)27(35)13-9-15(29)26-8-6-14(38-40-26)18(30)23(26,3)12(13)5-7-25(34)21(33)37-24(16,4)28(17,25)39-27/h6,8,11-17,29,34-35H,5,7,9-10H2,1-4H3/t11-,12?,13?,14+,15+,16+,17?,22+,23-,24-,25?,26+,27?,28-/m0/s1. The van der Waals surface area contributed by atoms with Gasteiger partial charge in [0.25, 0.3) is 0 Å². The van der Waals surface area contributed by atoms with Crippen LogP contribution in [0, 0.1) is 34.5 Å². The van der Waals surface area contributed by atoms with E-state index in [4.69, 9.17) is 24.0 Å². The predicted molar refractivity (Wildman–Crippen MR) is 126 cm³/mol. The van der Waals surface area contributed by atoms with E-state index in [1.807, 2.05) is 0 Å². The number of aliphatic hydroxyl groups excluding tert-OH is 1. The number of Topliss-reactive ketones (excluding diaryl/α,β-unsaturated/α-hetero) is 2. The van der Waals surface area contributed by atoms with E-state index in [2.05, 4.69) is 0 Å². The molecular formula is C28H32O12. The van der Waals surface area contributed by atoms with Crippen LogP contribution < -0.4 is 0 Å². The number of fused-ring (bicyclic) bond motifs is 8. The molecule has 5 saturated heterocycles. The molecule has 40 heavy (non-hydrogen) atoms. The third kappa shape index (κ3) is 2.12. The maximum atomic E-state index is 14.7. The minimum absolute atomic E-state index is 0.00286. The fourth-order valence-corrected chi connectivity index (χ4v) is 10.3. The van der Waals surface area contributed by atoms with Gasteiger partial charge in [-0.3, -0.25) is 14.4 Å². The van der Waals surface area contributed by atoms with E-state index in [0.717, 1.165) is 0 Å². The average molecular weight is 561 g/mol. The molecule has 216 valence electrons. The van der Waals surface area contributed by atoms with Crippen molar-refractivity contribution in [1.82, 2.24) is 0 Å². The first-order valence-corrected chi connectivity index (χ1v) is 14.0. The topological polar surface area (TPSA) is 175 Å². The van der Waals surface area contributed by atoms with E-state index in [1.54, 1.807) is 26.8 Å². The molecule has 9 aliphatic rings. The van der Waals surface area contributed by atoms with Gasteiger partial charge in [0.05, 0.1) is 23.4 Å². The zero-order valence-corrected chi connectivity index (χ0v) is 22.5. The first kappa shape index (κ1) is 25.5. The van der Waals surface area contributed by atoms with Crippen molar-refractivity contribution in [3.63, 3.8) is 0 Å². The fraction of sp³-hybridized carbons (Fsp3) is 0.786. The Labute approximate surface area is 228 Å². The maximum absolute atomic E-state index is 14.7. The van der Waals surface area contributed by atoms with Crippen molar-refractivity contribution in [1.29, 1.82) is 0 Å². The Kier molecular flexibility index (Phi) is 4.27. The second-order valence-electron chi connectivity index (χ2n) is 13.9. The van der Waals surface area contributed by atoms with Crippen LogP contribution in [0.2, 0.25) is 0 Å². The molecule has 9 rings (SSSR count). The van der Waals surface area contributed by atoms with Crippen molar-refractivity contribution in [3.8, 4) is 0 Å². The van der Waals surface area contributed by atoms with Crippen LogP contribution in [0.4, 0.5) is 0 Å². The van der Waals surface area contributed by atoms with E-state index in [1.165, 1.54) is 13.0 Å². The summed E-state index contributed by atoms with van der Waals surface area (Å²) in [7, 11) is 0. The molecular weight excluding hydrogens is 528 g/mol. The monoisotopic (exact) mass is 560 g/mol. The Morgan fingerprint density at radius 3 is 2.42 bits per heavy atom. The number of ketones is 2. The molecule has 0 amide bonds. The van der Waals surface area contributed by atoms with Crippen LogP contribution in [0.25, 0.3) is 0 Å². The molecule has 7 fully saturated rings. The van der Waals surface area contributed by atoms with Crippen molar-refractivity contribution < 1.29 is 58.5 Å². The summed E-state index contributed by atoms with van der Waals surface area (Å²) < 4.78 is 18.1. The summed E-state index contributed by atoms with van der Waals surface area (Å²) in [5.74, 6) is -9.61. The van der Waals surface area contributed by atoms with Gasteiger partial charge in [-0.1, -0.05) is 13.8 Å². The second kappa shape index (κ2) is 6.71. The molecule has 0 aromatic carbocycles. The number of carbonyl (C=O) groups is 4. The van der Waals surface area contributed by atoms with Gasteiger partial charge in [-0.05, 0) is 63.0 Å². The SMILES string of the molecule is C[C@H]1C(=O)O[C@@H]2C[C@@]1(C)C1C(=O)C3(O)O[C@@]14C(O)(CCC1C3C[C@@H](O)[C@@]35C=C[C@@H](OO3)C(=O)[C@]15C)C(=O)O[C@@]24C. The quantitative estimate of drug-likeness (QED) is 0.200. The summed E-state index contributed by atoms with van der Waals surface area (Å²) >= 11 is 0. The highest BCUT2D eigenvalue weighted by Crippen LogP contribution is 2.74. The number of hydrogen-bond acceptors (Lipinski definition) is 12. The van der Waals surface area contributed by atoms with Gasteiger partial charge in [-0.25, -0.2) is 14.6 Å². The third-order valence-electron chi connectivity index (χ3n) is 12.7. The molecule has 12 heteroatoms. The van der Waals surface area contributed by atoms with E-state index in [-0.39, 0.29) is 25.7 Å². The molecule has 2 spiro atoms. The van der Waals surface area contributed by atoms with Crippen LogP contribution in [-0.4, -0.2) is 85.3 Å². The predicted octanol–water partition coefficient (Wildman–Crippen LogP) is -0.347. The van der Waals surface area contributed by atoms with Gasteiger partial charge >= 0.3 is 11.9 Å². The molecule has 3 N–H and O–H groups in total. The van der Waals surface area contributed by atoms with Crippen LogP contribution in [0.5, 0.6) is 0 Å². The van der Waals surface area contributed by atoms with Crippen LogP contribution in [0.1, 0.15) is 53.4 Å². The fourth-order valence-electron chi connectivity index (χ4n) is 10.3. The second-order valence-corrected chi connectivity index (χ2v) is 13.9. The van der Waals surface area contributed by atoms with Crippen LogP contribution >= 0.6 is 0 Å². The molecule has 6 aliphatic heterocycles. The Morgan fingerprint density at radius 2 is 1.75 bits per heavy atom. The van der Waals surface area contributed by atoms with Crippen LogP contribution in [-0.2, 0) is 43.2 Å². The van der Waals surface area contributed by atoms with Gasteiger partial charge < -0.3 is 29.5 Å². The Balaban J connectivity index is 1.38. The molecule has 14 atom stereocenters. The van der Waals surface area contributed by atoms with Gasteiger partial charge in [0, 0.05) is 5.92 Å². The van der Waals surface area contributed by atoms with Crippen molar-refractivity contribution in [2.24, 2.45) is 34.5 Å². The Hall–Kier alpha value is -2.22. The number of esters is 2. The molecule has 2 saturated carbocycles. The summed E-state index contributed by atoms with van der Waals surface area (Å²) in [4.78, 5) is 66.2. The lowest BCUT2D eigenvalue weighted by atomic mass is 9.46. The summed E-state index contributed by atoms with van der Waals surface area (Å²) in [5, 5.41) is 36.4. The summed E-state index contributed by atoms with van der Waals surface area (Å²) in [6.07, 6.45) is -0.684. The summed E-state index contributed by atoms with van der Waals surface area (Å²) in [6, 6.07) is 0. The van der Waals surface area contributed by atoms with Gasteiger partial charge in [0.2, 0.25) is 5.79 Å². The lowest BCUT2D eigenvalue weighted by Crippen LogP contribution is -2.78. The van der Waals surface area contributed by atoms with Crippen molar-refractivity contribution in [3.05, 3.63) is 12.2 Å². The number of carbonyl (C=O) groups excluding carboxylic acids is 4. The van der Waals surface area contributed by atoms with Crippen LogP contribution in [0.3, 0.4) is 0 Å². The minimum atomic E-state index is -2.63. The highest BCUT2D eigenvalue weighted by molar-refractivity contribution is 5.99. The molecule has 3 aliphatic carbocycles. The lowest BCUT2D eigenvalue weighted by molar-refractivity contribution is -0.438. The van der Waals surface area contributed by atoms with Crippen molar-refractivity contribution >= 4 is 23.5 Å². The largest absolute Gasteiger partial charge is 0.458 e. The minimum Gasteiger partial charge on any atom is -0.458 e. The van der Waals surface area contributed by atoms with E-state index in [9.17, 15) is 34.5 Å². The number of hydrogen-bond donors (Lipinski definition) is 3. The number of ether oxygens (including phenoxy) is 3. The van der Waals surface area contributed by atoms with Gasteiger partial charge in [-0.2, -0.15) is 0 Å². The van der Waals surface area contributed by atoms with E-state index >= 15 is 0 Å². The van der Waals surface area contributed by atoms with Gasteiger partial charge in [-0.15, -0.1) is 0 Å². The number of rotatable bonds is 0. The zero-order valence-electron chi connectivity index (χ0n) is 22.5. The molecule has 0 aromatic rings. The molecule has 0 aromatic heterocycles. The highest BCUT2D eigenvalue weighted by Gasteiger charge is 2.92. The average Bonchev–Trinajstić information content (AvgIpc) is 3.26. The molecule has 6 bridgehead atoms. The highest BCUT2D eigenvalue weighted by atomic mass is 17.2. The number of aliphatic hydroxyl groups is 3. The first-order valence-electron chi connectivity index (χ1n) is 14.0.